The lowest BCUT2D eigenvalue weighted by molar-refractivity contribution is -0.146. The highest BCUT2D eigenvalue weighted by molar-refractivity contribution is 5.81. The number of hydrogen-bond acceptors (Lipinski definition) is 12. The number of esters is 3. The molecule has 60 heavy (non-hydrogen) atoms. The molecule has 0 rings (SSSR count). The summed E-state index contributed by atoms with van der Waals surface area (Å²) in [6, 6.07) is -0.603. The first-order valence-corrected chi connectivity index (χ1v) is 22.1. The van der Waals surface area contributed by atoms with Crippen LogP contribution in [0, 0.1) is 35.5 Å². The minimum atomic E-state index is -0.596. The fourth-order valence-corrected chi connectivity index (χ4v) is 6.60. The maximum absolute atomic E-state index is 12.4. The molecule has 0 spiro atoms. The molecule has 0 aromatic heterocycles. The van der Waals surface area contributed by atoms with E-state index in [1.54, 1.807) is 75.6 Å². The molecular formula is C46H88N2O12. The first-order valence-electron chi connectivity index (χ1n) is 22.1. The number of rotatable bonds is 22. The van der Waals surface area contributed by atoms with E-state index in [1.807, 2.05) is 40.7 Å². The molecule has 14 nitrogen and oxygen atoms in total. The summed E-state index contributed by atoms with van der Waals surface area (Å²) >= 11 is 0. The highest BCUT2D eigenvalue weighted by Gasteiger charge is 2.37. The summed E-state index contributed by atoms with van der Waals surface area (Å²) in [6.45, 7) is 31.3. The zero-order valence-corrected chi connectivity index (χ0v) is 40.9. The molecule has 0 aromatic carbocycles. The van der Waals surface area contributed by atoms with Gasteiger partial charge in [-0.3, -0.25) is 9.59 Å². The fraction of sp³-hybridized carbons (Fsp3) is 0.848. The second kappa shape index (κ2) is 32.3. The van der Waals surface area contributed by atoms with Crippen LogP contribution in [0.5, 0.6) is 0 Å². The Morgan fingerprint density at radius 1 is 0.550 bits per heavy atom. The molecule has 0 bridgehead atoms. The van der Waals surface area contributed by atoms with Crippen LogP contribution in [0.15, 0.2) is 12.2 Å². The largest absolute Gasteiger partial charge is 0.466 e. The molecule has 0 aliphatic heterocycles. The standard InChI is InChI=1S/2C17H33NO5.C12H22O2/c2*1-8-12(3)15(13(11-19)10-14(20)22-9-2)18(7)16(21)23-17(4,5)6;1-5-10(4)11(6-2)8-9-12(13)14-7-3/h2*12-13,15,19H,8-11H2,1-7H3;8-11H,5-7H2,1-4H3/b;;9-8+/t12-,13+,15-;12-,13-,15-;10-,11+/m000/s1. The molecule has 354 valence electrons. The number of hydrogen-bond donors (Lipinski definition) is 2. The van der Waals surface area contributed by atoms with Crippen molar-refractivity contribution >= 4 is 30.1 Å². The summed E-state index contributed by atoms with van der Waals surface area (Å²) in [5.74, 6) is -0.388. The van der Waals surface area contributed by atoms with Crippen molar-refractivity contribution in [3.63, 3.8) is 0 Å². The average Bonchev–Trinajstić information content (AvgIpc) is 3.16. The third kappa shape index (κ3) is 26.7. The normalized spacial score (nSPS) is 15.5. The molecule has 8 atom stereocenters. The van der Waals surface area contributed by atoms with Gasteiger partial charge in [-0.25, -0.2) is 14.4 Å². The van der Waals surface area contributed by atoms with E-state index in [4.69, 9.17) is 23.7 Å². The molecule has 0 saturated carbocycles. The predicted octanol–water partition coefficient (Wildman–Crippen LogP) is 8.84. The van der Waals surface area contributed by atoms with Crippen molar-refractivity contribution in [3.05, 3.63) is 12.2 Å². The first-order chi connectivity index (χ1) is 27.8. The van der Waals surface area contributed by atoms with Gasteiger partial charge in [-0.1, -0.05) is 73.8 Å². The SMILES string of the molecule is CCOC(=O)/C=C/[C@@H](CC)[C@@H](C)CC.CCOC(=O)C[C@@H](CO)[C@H]([C@@H](C)CC)N(C)C(=O)OC(C)(C)C.CCOC(=O)C[C@H](CO)[C@H]([C@@H](C)CC)N(C)C(=O)OC(C)(C)C. The van der Waals surface area contributed by atoms with Crippen LogP contribution < -0.4 is 0 Å². The van der Waals surface area contributed by atoms with E-state index in [0.717, 1.165) is 25.7 Å². The summed E-state index contributed by atoms with van der Waals surface area (Å²) in [6.07, 6.45) is 6.63. The predicted molar refractivity (Wildman–Crippen MR) is 237 cm³/mol. The van der Waals surface area contributed by atoms with Gasteiger partial charge in [0.05, 0.1) is 32.7 Å². The zero-order valence-electron chi connectivity index (χ0n) is 40.9. The molecule has 0 aliphatic rings. The van der Waals surface area contributed by atoms with Gasteiger partial charge in [-0.15, -0.1) is 0 Å². The monoisotopic (exact) mass is 861 g/mol. The Kier molecular flexibility index (Phi) is 32.8. The van der Waals surface area contributed by atoms with Crippen molar-refractivity contribution < 1.29 is 57.9 Å². The van der Waals surface area contributed by atoms with E-state index in [0.29, 0.717) is 31.7 Å². The minimum Gasteiger partial charge on any atom is -0.466 e. The number of aliphatic hydroxyl groups excluding tert-OH is 2. The lowest BCUT2D eigenvalue weighted by Crippen LogP contribution is -2.49. The Bertz CT molecular complexity index is 1160. The Hall–Kier alpha value is -3.39. The van der Waals surface area contributed by atoms with Gasteiger partial charge in [0.1, 0.15) is 11.2 Å². The number of carbonyl (C=O) groups excluding carboxylic acids is 5. The third-order valence-corrected chi connectivity index (χ3v) is 10.2. The molecule has 2 amide bonds. The summed E-state index contributed by atoms with van der Waals surface area (Å²) in [5, 5.41) is 19.5. The van der Waals surface area contributed by atoms with Crippen molar-refractivity contribution in [2.45, 2.75) is 173 Å². The van der Waals surface area contributed by atoms with Gasteiger partial charge in [-0.05, 0) is 92.4 Å². The second-order valence-corrected chi connectivity index (χ2v) is 17.4. The highest BCUT2D eigenvalue weighted by Crippen LogP contribution is 2.28. The second-order valence-electron chi connectivity index (χ2n) is 17.4. The van der Waals surface area contributed by atoms with E-state index >= 15 is 0 Å². The number of ether oxygens (including phenoxy) is 5. The Morgan fingerprint density at radius 3 is 1.13 bits per heavy atom. The van der Waals surface area contributed by atoms with E-state index in [-0.39, 0.29) is 79.7 Å². The van der Waals surface area contributed by atoms with E-state index in [9.17, 15) is 34.2 Å². The third-order valence-electron chi connectivity index (χ3n) is 10.2. The van der Waals surface area contributed by atoms with E-state index in [2.05, 4.69) is 20.8 Å². The Balaban J connectivity index is -0.000000839. The highest BCUT2D eigenvalue weighted by atomic mass is 16.6. The maximum Gasteiger partial charge on any atom is 0.410 e. The molecule has 2 N–H and O–H groups in total. The molecular weight excluding hydrogens is 773 g/mol. The van der Waals surface area contributed by atoms with Gasteiger partial charge in [-0.2, -0.15) is 0 Å². The molecule has 0 heterocycles. The molecule has 0 radical (unpaired) electrons. The molecule has 0 saturated heterocycles. The van der Waals surface area contributed by atoms with Crippen LogP contribution in [0.3, 0.4) is 0 Å². The van der Waals surface area contributed by atoms with Crippen molar-refractivity contribution in [1.82, 2.24) is 9.80 Å². The van der Waals surface area contributed by atoms with Gasteiger partial charge >= 0.3 is 30.1 Å². The molecule has 0 aromatic rings. The van der Waals surface area contributed by atoms with Crippen molar-refractivity contribution in [1.29, 1.82) is 0 Å². The molecule has 0 fully saturated rings. The fourth-order valence-electron chi connectivity index (χ4n) is 6.60. The van der Waals surface area contributed by atoms with Crippen LogP contribution in [0.1, 0.15) is 149 Å². The summed E-state index contributed by atoms with van der Waals surface area (Å²) in [7, 11) is 3.30. The van der Waals surface area contributed by atoms with Crippen LogP contribution in [0.25, 0.3) is 0 Å². The van der Waals surface area contributed by atoms with Gasteiger partial charge in [0.2, 0.25) is 0 Å². The van der Waals surface area contributed by atoms with Crippen molar-refractivity contribution in [2.75, 3.05) is 47.1 Å². The number of nitrogens with zero attached hydrogens (tertiary/aromatic N) is 2. The molecule has 0 unspecified atom stereocenters. The smallest absolute Gasteiger partial charge is 0.410 e. The van der Waals surface area contributed by atoms with E-state index in [1.165, 1.54) is 9.80 Å². The van der Waals surface area contributed by atoms with Crippen molar-refractivity contribution in [2.24, 2.45) is 35.5 Å². The van der Waals surface area contributed by atoms with Gasteiger partial charge in [0.15, 0.2) is 0 Å². The Morgan fingerprint density at radius 2 is 0.883 bits per heavy atom. The Labute approximate surface area is 364 Å². The number of allylic oxidation sites excluding steroid dienone is 1. The number of amides is 2. The lowest BCUT2D eigenvalue weighted by Gasteiger charge is -2.38. The van der Waals surface area contributed by atoms with Gasteiger partial charge in [0.25, 0.3) is 0 Å². The lowest BCUT2D eigenvalue weighted by atomic mass is 9.85. The van der Waals surface area contributed by atoms with Gasteiger partial charge in [0, 0.05) is 57.3 Å². The topological polar surface area (TPSA) is 178 Å². The average molecular weight is 861 g/mol. The van der Waals surface area contributed by atoms with Gasteiger partial charge < -0.3 is 43.7 Å². The quantitative estimate of drug-likeness (QED) is 0.0601. The van der Waals surface area contributed by atoms with E-state index < -0.39 is 23.4 Å². The maximum atomic E-state index is 12.4. The summed E-state index contributed by atoms with van der Waals surface area (Å²) in [5.41, 5.74) is -1.19. The zero-order chi connectivity index (χ0) is 47.4. The van der Waals surface area contributed by atoms with Crippen LogP contribution in [0.2, 0.25) is 0 Å². The van der Waals surface area contributed by atoms with Crippen LogP contribution >= 0.6 is 0 Å². The molecule has 14 heteroatoms. The summed E-state index contributed by atoms with van der Waals surface area (Å²) in [4.78, 5) is 62.3. The van der Waals surface area contributed by atoms with Crippen LogP contribution in [-0.2, 0) is 38.1 Å². The van der Waals surface area contributed by atoms with Crippen LogP contribution in [-0.4, -0.2) is 121 Å². The minimum absolute atomic E-state index is 0.0759. The molecule has 0 aliphatic carbocycles. The van der Waals surface area contributed by atoms with Crippen molar-refractivity contribution in [3.8, 4) is 0 Å². The number of carbonyl (C=O) groups is 5. The van der Waals surface area contributed by atoms with Crippen LogP contribution in [0.4, 0.5) is 9.59 Å². The summed E-state index contributed by atoms with van der Waals surface area (Å²) < 4.78 is 25.6. The number of aliphatic hydroxyl groups is 2. The first kappa shape index (κ1) is 60.9.